The fraction of sp³-hybridized carbons (Fsp3) is 0.214. The van der Waals surface area contributed by atoms with E-state index < -0.39 is 0 Å². The average Bonchev–Trinajstić information content (AvgIpc) is 2.47. The van der Waals surface area contributed by atoms with E-state index >= 15 is 0 Å². The van der Waals surface area contributed by atoms with Crippen molar-refractivity contribution < 1.29 is 13.9 Å². The zero-order valence-corrected chi connectivity index (χ0v) is 12.6. The smallest absolute Gasteiger partial charge is 0.251 e. The second-order valence-electron chi connectivity index (χ2n) is 4.32. The molecule has 1 aromatic carbocycles. The molecular formula is C14H14FN3O3S. The lowest BCUT2D eigenvalue weighted by atomic mass is 10.3. The highest BCUT2D eigenvalue weighted by Gasteiger charge is 2.07. The number of carbonyl (C=O) groups is 1. The van der Waals surface area contributed by atoms with Gasteiger partial charge < -0.3 is 15.0 Å². The van der Waals surface area contributed by atoms with Crippen molar-refractivity contribution in [2.45, 2.75) is 11.8 Å². The van der Waals surface area contributed by atoms with Gasteiger partial charge in [0, 0.05) is 18.9 Å². The number of thioether (sulfide) groups is 1. The van der Waals surface area contributed by atoms with Gasteiger partial charge in [0.05, 0.1) is 18.1 Å². The van der Waals surface area contributed by atoms with Gasteiger partial charge in [0.25, 0.3) is 5.56 Å². The number of anilines is 1. The van der Waals surface area contributed by atoms with Crippen LogP contribution in [-0.2, 0) is 16.1 Å². The molecule has 0 spiro atoms. The van der Waals surface area contributed by atoms with Crippen LogP contribution in [0.1, 0.15) is 5.69 Å². The van der Waals surface area contributed by atoms with Gasteiger partial charge in [0.1, 0.15) is 5.82 Å². The lowest BCUT2D eigenvalue weighted by Crippen LogP contribution is -2.16. The van der Waals surface area contributed by atoms with E-state index in [1.807, 2.05) is 0 Å². The third-order valence-electron chi connectivity index (χ3n) is 2.53. The number of hydrogen-bond acceptors (Lipinski definition) is 5. The predicted octanol–water partition coefficient (Wildman–Crippen LogP) is 1.79. The molecule has 2 N–H and O–H groups in total. The van der Waals surface area contributed by atoms with Crippen molar-refractivity contribution in [1.29, 1.82) is 0 Å². The van der Waals surface area contributed by atoms with Crippen LogP contribution in [0, 0.1) is 5.82 Å². The number of H-pyrrole nitrogens is 1. The second kappa shape index (κ2) is 7.71. The highest BCUT2D eigenvalue weighted by molar-refractivity contribution is 7.99. The van der Waals surface area contributed by atoms with E-state index in [2.05, 4.69) is 15.3 Å². The normalized spacial score (nSPS) is 10.5. The molecule has 2 rings (SSSR count). The number of hydrogen-bond donors (Lipinski definition) is 2. The van der Waals surface area contributed by atoms with Crippen molar-refractivity contribution in [2.24, 2.45) is 0 Å². The molecule has 0 atom stereocenters. The predicted molar refractivity (Wildman–Crippen MR) is 81.3 cm³/mol. The summed E-state index contributed by atoms with van der Waals surface area (Å²) >= 11 is 1.10. The number of rotatable bonds is 6. The first-order chi connectivity index (χ1) is 10.6. The van der Waals surface area contributed by atoms with Gasteiger partial charge in [-0.2, -0.15) is 0 Å². The van der Waals surface area contributed by atoms with Gasteiger partial charge in [-0.15, -0.1) is 0 Å². The van der Waals surface area contributed by atoms with Crippen molar-refractivity contribution in [1.82, 2.24) is 9.97 Å². The van der Waals surface area contributed by atoms with Crippen LogP contribution in [0.3, 0.4) is 0 Å². The number of halogens is 1. The summed E-state index contributed by atoms with van der Waals surface area (Å²) in [7, 11) is 1.51. The van der Waals surface area contributed by atoms with Gasteiger partial charge in [-0.1, -0.05) is 11.8 Å². The first-order valence-corrected chi connectivity index (χ1v) is 7.33. The molecule has 0 fully saturated rings. The molecule has 116 valence electrons. The van der Waals surface area contributed by atoms with Crippen LogP contribution in [0.5, 0.6) is 0 Å². The van der Waals surface area contributed by atoms with Crippen molar-refractivity contribution >= 4 is 23.4 Å². The summed E-state index contributed by atoms with van der Waals surface area (Å²) < 4.78 is 17.7. The molecule has 0 radical (unpaired) electrons. The Kier molecular flexibility index (Phi) is 5.68. The van der Waals surface area contributed by atoms with Crippen molar-refractivity contribution in [3.63, 3.8) is 0 Å². The first-order valence-electron chi connectivity index (χ1n) is 6.34. The summed E-state index contributed by atoms with van der Waals surface area (Å²) in [6.07, 6.45) is 0. The molecule has 6 nitrogen and oxygen atoms in total. The van der Waals surface area contributed by atoms with E-state index in [4.69, 9.17) is 4.74 Å². The van der Waals surface area contributed by atoms with Gasteiger partial charge >= 0.3 is 0 Å². The Balaban J connectivity index is 1.93. The van der Waals surface area contributed by atoms with Gasteiger partial charge in [-0.05, 0) is 24.3 Å². The highest BCUT2D eigenvalue weighted by atomic mass is 32.2. The van der Waals surface area contributed by atoms with Crippen LogP contribution in [0.4, 0.5) is 10.1 Å². The number of benzene rings is 1. The van der Waals surface area contributed by atoms with Gasteiger partial charge in [0.15, 0.2) is 5.16 Å². The standard InChI is InChI=1S/C14H14FN3O3S/c1-21-7-11-6-12(19)18-14(17-11)22-8-13(20)16-10-4-2-9(15)3-5-10/h2-6H,7-8H2,1H3,(H,16,20)(H,17,18,19). The quantitative estimate of drug-likeness (QED) is 0.625. The molecule has 0 saturated heterocycles. The molecule has 0 unspecified atom stereocenters. The fourth-order valence-electron chi connectivity index (χ4n) is 1.64. The average molecular weight is 323 g/mol. The van der Waals surface area contributed by atoms with Crippen molar-refractivity contribution in [3.05, 3.63) is 52.2 Å². The zero-order chi connectivity index (χ0) is 15.9. The Morgan fingerprint density at radius 1 is 1.41 bits per heavy atom. The van der Waals surface area contributed by atoms with E-state index in [1.54, 1.807) is 0 Å². The number of carbonyl (C=O) groups excluding carboxylic acids is 1. The van der Waals surface area contributed by atoms with Crippen LogP contribution in [0.15, 0.2) is 40.3 Å². The van der Waals surface area contributed by atoms with E-state index in [0.717, 1.165) is 11.8 Å². The lowest BCUT2D eigenvalue weighted by molar-refractivity contribution is -0.113. The molecule has 0 bridgehead atoms. The van der Waals surface area contributed by atoms with Crippen molar-refractivity contribution in [3.8, 4) is 0 Å². The molecular weight excluding hydrogens is 309 g/mol. The minimum Gasteiger partial charge on any atom is -0.378 e. The Morgan fingerprint density at radius 2 is 2.14 bits per heavy atom. The Bertz CT molecular complexity index is 703. The van der Waals surface area contributed by atoms with E-state index in [1.165, 1.54) is 37.4 Å². The Morgan fingerprint density at radius 3 is 2.82 bits per heavy atom. The summed E-state index contributed by atoms with van der Waals surface area (Å²) in [4.78, 5) is 30.0. The highest BCUT2D eigenvalue weighted by Crippen LogP contribution is 2.13. The Labute approximate surface area is 130 Å². The Hall–Kier alpha value is -2.19. The number of aromatic amines is 1. The maximum absolute atomic E-state index is 12.8. The molecule has 0 saturated carbocycles. The zero-order valence-electron chi connectivity index (χ0n) is 11.8. The van der Waals surface area contributed by atoms with Crippen molar-refractivity contribution in [2.75, 3.05) is 18.2 Å². The number of nitrogens with one attached hydrogen (secondary N) is 2. The third kappa shape index (κ3) is 4.97. The van der Waals surface area contributed by atoms with E-state index in [0.29, 0.717) is 16.5 Å². The molecule has 22 heavy (non-hydrogen) atoms. The molecule has 0 aliphatic rings. The SMILES string of the molecule is COCc1cc(=O)[nH]c(SCC(=O)Nc2ccc(F)cc2)n1. The first kappa shape index (κ1) is 16.2. The topological polar surface area (TPSA) is 84.1 Å². The monoisotopic (exact) mass is 323 g/mol. The summed E-state index contributed by atoms with van der Waals surface area (Å²) in [5, 5.41) is 2.96. The largest absolute Gasteiger partial charge is 0.378 e. The number of aromatic nitrogens is 2. The third-order valence-corrected chi connectivity index (χ3v) is 3.41. The number of amides is 1. The minimum absolute atomic E-state index is 0.0662. The van der Waals surface area contributed by atoms with Gasteiger partial charge in [-0.25, -0.2) is 9.37 Å². The van der Waals surface area contributed by atoms with Crippen LogP contribution in [0.2, 0.25) is 0 Å². The molecule has 0 aliphatic heterocycles. The number of methoxy groups -OCH3 is 1. The summed E-state index contributed by atoms with van der Waals surface area (Å²) in [5.74, 6) is -0.586. The van der Waals surface area contributed by atoms with Crippen LogP contribution in [0.25, 0.3) is 0 Å². The molecule has 1 heterocycles. The van der Waals surface area contributed by atoms with Gasteiger partial charge in [-0.3, -0.25) is 9.59 Å². The van der Waals surface area contributed by atoms with E-state index in [-0.39, 0.29) is 29.6 Å². The number of nitrogens with zero attached hydrogens (tertiary/aromatic N) is 1. The summed E-state index contributed by atoms with van der Waals surface area (Å²) in [5.41, 5.74) is 0.692. The fourth-order valence-corrected chi connectivity index (χ4v) is 2.33. The molecule has 1 aromatic heterocycles. The lowest BCUT2D eigenvalue weighted by Gasteiger charge is -2.05. The van der Waals surface area contributed by atoms with Gasteiger partial charge in [0.2, 0.25) is 5.91 Å². The second-order valence-corrected chi connectivity index (χ2v) is 5.28. The minimum atomic E-state index is -0.371. The number of ether oxygens (including phenoxy) is 1. The maximum Gasteiger partial charge on any atom is 0.251 e. The van der Waals surface area contributed by atoms with Crippen LogP contribution in [-0.4, -0.2) is 28.7 Å². The molecule has 8 heteroatoms. The summed E-state index contributed by atoms with van der Waals surface area (Å²) in [6, 6.07) is 6.80. The van der Waals surface area contributed by atoms with Crippen LogP contribution < -0.4 is 10.9 Å². The summed E-state index contributed by atoms with van der Waals surface area (Å²) in [6.45, 7) is 0.221. The van der Waals surface area contributed by atoms with Crippen LogP contribution >= 0.6 is 11.8 Å². The molecule has 2 aromatic rings. The van der Waals surface area contributed by atoms with E-state index in [9.17, 15) is 14.0 Å². The molecule has 0 aliphatic carbocycles. The molecule has 1 amide bonds. The maximum atomic E-state index is 12.8.